The van der Waals surface area contributed by atoms with Crippen LogP contribution in [0.25, 0.3) is 11.0 Å². The van der Waals surface area contributed by atoms with Gasteiger partial charge in [0.1, 0.15) is 17.3 Å². The van der Waals surface area contributed by atoms with Crippen molar-refractivity contribution in [3.63, 3.8) is 0 Å². The molecule has 3 rings (SSSR count). The van der Waals surface area contributed by atoms with E-state index in [9.17, 15) is 22.4 Å². The van der Waals surface area contributed by atoms with Crippen molar-refractivity contribution in [3.05, 3.63) is 52.3 Å². The molecule has 0 unspecified atom stereocenters. The van der Waals surface area contributed by atoms with E-state index in [-0.39, 0.29) is 33.1 Å². The van der Waals surface area contributed by atoms with Crippen molar-refractivity contribution in [2.45, 2.75) is 12.7 Å². The molecule has 9 nitrogen and oxygen atoms in total. The molecule has 0 amide bonds. The van der Waals surface area contributed by atoms with Crippen molar-refractivity contribution in [2.75, 3.05) is 7.11 Å². The summed E-state index contributed by atoms with van der Waals surface area (Å²) in [6.45, 7) is 1.26. The number of nitrogens with zero attached hydrogens (tertiary/aromatic N) is 3. The number of hydrogen-bond acceptors (Lipinski definition) is 7. The number of rotatable bonds is 6. The molecule has 3 aromatic heterocycles. The largest absolute Gasteiger partial charge is 0.495 e. The lowest BCUT2D eigenvalue weighted by Crippen LogP contribution is -2.20. The van der Waals surface area contributed by atoms with Gasteiger partial charge in [-0.2, -0.15) is 0 Å². The summed E-state index contributed by atoms with van der Waals surface area (Å²) in [6.07, 6.45) is 2.31. The highest BCUT2D eigenvalue weighted by atomic mass is 35.5. The topological polar surface area (TPSA) is 128 Å². The van der Waals surface area contributed by atoms with Gasteiger partial charge < -0.3 is 9.84 Å². The molecule has 0 spiro atoms. The molecule has 29 heavy (non-hydrogen) atoms. The van der Waals surface area contributed by atoms with Crippen LogP contribution in [0.1, 0.15) is 21.7 Å². The molecule has 0 saturated heterocycles. The van der Waals surface area contributed by atoms with Crippen LogP contribution < -0.4 is 4.74 Å². The maximum atomic E-state index is 14.1. The van der Waals surface area contributed by atoms with Crippen LogP contribution in [0.5, 0.6) is 5.75 Å². The first-order chi connectivity index (χ1) is 13.6. The number of carbonyl (C=O) groups is 2. The molecule has 0 atom stereocenters. The molecule has 0 radical (unpaired) electrons. The molecular weight excluding hydrogens is 429 g/mol. The molecule has 0 aromatic carbocycles. The standard InChI is InChI=1S/C17H13ClFN3O6S/c1-8-14(15(23)17(24)25)11-4-10(28-2)6-21-16(11)22(8)29(26,27)7-13-12(19)3-9(18)5-20-13/h3-6H,7H2,1-2H3,(H,24,25). The molecule has 0 aliphatic rings. The zero-order valence-electron chi connectivity index (χ0n) is 15.0. The normalized spacial score (nSPS) is 11.6. The number of fused-ring (bicyclic) bond motifs is 1. The fraction of sp³-hybridized carbons (Fsp3) is 0.176. The van der Waals surface area contributed by atoms with Crippen molar-refractivity contribution in [3.8, 4) is 5.75 Å². The zero-order chi connectivity index (χ0) is 21.5. The Hall–Kier alpha value is -3.05. The molecule has 0 aliphatic heterocycles. The molecule has 0 bridgehead atoms. The average Bonchev–Trinajstić information content (AvgIpc) is 2.94. The van der Waals surface area contributed by atoms with Gasteiger partial charge in [0.25, 0.3) is 5.78 Å². The third-order valence-corrected chi connectivity index (χ3v) is 5.96. The monoisotopic (exact) mass is 441 g/mol. The van der Waals surface area contributed by atoms with Gasteiger partial charge in [-0.3, -0.25) is 9.78 Å². The van der Waals surface area contributed by atoms with Crippen LogP contribution in [-0.4, -0.2) is 46.3 Å². The molecular formula is C17H13ClFN3O6S. The number of aliphatic carboxylic acids is 1. The lowest BCUT2D eigenvalue weighted by Gasteiger charge is -2.10. The number of carboxylic acid groups (broad SMARTS) is 1. The highest BCUT2D eigenvalue weighted by Crippen LogP contribution is 2.30. The van der Waals surface area contributed by atoms with Crippen molar-refractivity contribution >= 4 is 44.4 Å². The summed E-state index contributed by atoms with van der Waals surface area (Å²) < 4.78 is 45.8. The van der Waals surface area contributed by atoms with Gasteiger partial charge in [0.2, 0.25) is 10.0 Å². The molecule has 3 heterocycles. The summed E-state index contributed by atoms with van der Waals surface area (Å²) in [7, 11) is -3.01. The third-order valence-electron chi connectivity index (χ3n) is 4.11. The Labute approximate surface area is 168 Å². The Morgan fingerprint density at radius 3 is 2.55 bits per heavy atom. The number of carbonyl (C=O) groups excluding carboxylic acids is 1. The number of pyridine rings is 2. The maximum Gasteiger partial charge on any atom is 0.377 e. The van der Waals surface area contributed by atoms with E-state index < -0.39 is 39.0 Å². The summed E-state index contributed by atoms with van der Waals surface area (Å²) in [5.74, 6) is -4.68. The van der Waals surface area contributed by atoms with Gasteiger partial charge in [-0.15, -0.1) is 0 Å². The smallest absolute Gasteiger partial charge is 0.377 e. The minimum Gasteiger partial charge on any atom is -0.495 e. The number of aromatic nitrogens is 3. The van der Waals surface area contributed by atoms with E-state index in [4.69, 9.17) is 21.4 Å². The second-order valence-corrected chi connectivity index (χ2v) is 8.20. The Kier molecular flexibility index (Phi) is 5.28. The van der Waals surface area contributed by atoms with Crippen LogP contribution in [0.3, 0.4) is 0 Å². The second kappa shape index (κ2) is 7.41. The van der Waals surface area contributed by atoms with Crippen LogP contribution in [0, 0.1) is 12.7 Å². The zero-order valence-corrected chi connectivity index (χ0v) is 16.6. The predicted octanol–water partition coefficient (Wildman–Crippen LogP) is 2.19. The molecule has 0 saturated carbocycles. The van der Waals surface area contributed by atoms with E-state index in [0.29, 0.717) is 3.97 Å². The summed E-state index contributed by atoms with van der Waals surface area (Å²) >= 11 is 5.63. The van der Waals surface area contributed by atoms with Gasteiger partial charge >= 0.3 is 5.97 Å². The number of carboxylic acids is 1. The number of methoxy groups -OCH3 is 1. The number of ether oxygens (including phenoxy) is 1. The summed E-state index contributed by atoms with van der Waals surface area (Å²) in [6, 6.07) is 2.22. The van der Waals surface area contributed by atoms with Gasteiger partial charge in [-0.25, -0.2) is 26.6 Å². The average molecular weight is 442 g/mol. The lowest BCUT2D eigenvalue weighted by molar-refractivity contribution is -0.131. The van der Waals surface area contributed by atoms with Gasteiger partial charge in [0.05, 0.1) is 29.6 Å². The Morgan fingerprint density at radius 2 is 1.97 bits per heavy atom. The fourth-order valence-electron chi connectivity index (χ4n) is 2.87. The van der Waals surface area contributed by atoms with Crippen LogP contribution in [0.2, 0.25) is 5.02 Å². The number of ketones is 1. The summed E-state index contributed by atoms with van der Waals surface area (Å²) in [5.41, 5.74) is -1.12. The molecule has 3 aromatic rings. The van der Waals surface area contributed by atoms with E-state index >= 15 is 0 Å². The summed E-state index contributed by atoms with van der Waals surface area (Å²) in [5, 5.41) is 9.09. The van der Waals surface area contributed by atoms with Crippen molar-refractivity contribution in [1.82, 2.24) is 13.9 Å². The first-order valence-electron chi connectivity index (χ1n) is 7.92. The van der Waals surface area contributed by atoms with E-state index in [1.165, 1.54) is 26.3 Å². The number of Topliss-reactive ketones (excluding diaryl/α,β-unsaturated/α-hetero) is 1. The third kappa shape index (κ3) is 3.66. The minimum absolute atomic E-state index is 0.00524. The van der Waals surface area contributed by atoms with Crippen LogP contribution in [0.15, 0.2) is 24.5 Å². The van der Waals surface area contributed by atoms with E-state index in [2.05, 4.69) is 9.97 Å². The Morgan fingerprint density at radius 1 is 1.28 bits per heavy atom. The van der Waals surface area contributed by atoms with Crippen LogP contribution in [0.4, 0.5) is 4.39 Å². The fourth-order valence-corrected chi connectivity index (χ4v) is 4.62. The quantitative estimate of drug-likeness (QED) is 0.455. The lowest BCUT2D eigenvalue weighted by atomic mass is 10.1. The molecule has 0 fully saturated rings. The first kappa shape index (κ1) is 20.7. The second-order valence-electron chi connectivity index (χ2n) is 5.94. The maximum absolute atomic E-state index is 14.1. The van der Waals surface area contributed by atoms with Gasteiger partial charge in [0.15, 0.2) is 5.65 Å². The number of hydrogen-bond donors (Lipinski definition) is 1. The SMILES string of the molecule is COc1cnc2c(c1)c(C(=O)C(=O)O)c(C)n2S(=O)(=O)Cc1ncc(Cl)cc1F. The summed E-state index contributed by atoms with van der Waals surface area (Å²) in [4.78, 5) is 31.1. The molecule has 152 valence electrons. The van der Waals surface area contributed by atoms with Crippen molar-refractivity contribution < 1.29 is 32.2 Å². The predicted molar refractivity (Wildman–Crippen MR) is 100 cm³/mol. The first-order valence-corrected chi connectivity index (χ1v) is 9.91. The van der Waals surface area contributed by atoms with Gasteiger partial charge in [-0.1, -0.05) is 11.6 Å². The van der Waals surface area contributed by atoms with E-state index in [1.54, 1.807) is 0 Å². The van der Waals surface area contributed by atoms with Gasteiger partial charge in [-0.05, 0) is 19.1 Å². The highest BCUT2D eigenvalue weighted by molar-refractivity contribution is 7.89. The van der Waals surface area contributed by atoms with E-state index in [0.717, 1.165) is 12.3 Å². The van der Waals surface area contributed by atoms with Crippen LogP contribution in [-0.2, 0) is 20.6 Å². The van der Waals surface area contributed by atoms with Gasteiger partial charge in [0, 0.05) is 17.3 Å². The Balaban J connectivity index is 2.26. The van der Waals surface area contributed by atoms with Crippen molar-refractivity contribution in [2.24, 2.45) is 0 Å². The van der Waals surface area contributed by atoms with E-state index in [1.807, 2.05) is 0 Å². The van der Waals surface area contributed by atoms with Crippen LogP contribution >= 0.6 is 11.6 Å². The molecule has 12 heteroatoms. The highest BCUT2D eigenvalue weighted by Gasteiger charge is 2.31. The minimum atomic E-state index is -4.34. The Bertz CT molecular complexity index is 1270. The molecule has 1 N–H and O–H groups in total. The number of halogens is 2. The van der Waals surface area contributed by atoms with Crippen molar-refractivity contribution in [1.29, 1.82) is 0 Å². The molecule has 0 aliphatic carbocycles.